The highest BCUT2D eigenvalue weighted by Crippen LogP contribution is 2.45. The van der Waals surface area contributed by atoms with Gasteiger partial charge in [0, 0.05) is 37.8 Å². The van der Waals surface area contributed by atoms with Crippen LogP contribution < -0.4 is 9.47 Å². The van der Waals surface area contributed by atoms with E-state index >= 15 is 0 Å². The molecule has 2 aliphatic rings. The number of fused-ring (bicyclic) bond motifs is 1. The van der Waals surface area contributed by atoms with Crippen LogP contribution in [-0.2, 0) is 6.54 Å². The third-order valence-electron chi connectivity index (χ3n) is 6.36. The predicted octanol–water partition coefficient (Wildman–Crippen LogP) is 3.75. The molecule has 2 heterocycles. The summed E-state index contributed by atoms with van der Waals surface area (Å²) < 4.78 is 11.0. The fraction of sp³-hybridized carbons (Fsp3) is 0.478. The Morgan fingerprint density at radius 3 is 2.56 bits per heavy atom. The lowest BCUT2D eigenvalue weighted by atomic mass is 9.88. The molecule has 0 radical (unpaired) electrons. The van der Waals surface area contributed by atoms with Gasteiger partial charge in [0.05, 0.1) is 14.2 Å². The lowest BCUT2D eigenvalue weighted by Crippen LogP contribution is -2.29. The van der Waals surface area contributed by atoms with E-state index in [0.717, 1.165) is 37.1 Å². The van der Waals surface area contributed by atoms with E-state index in [1.807, 2.05) is 12.1 Å². The molecule has 0 amide bonds. The molecule has 0 bridgehead atoms. The Bertz CT molecular complexity index is 807. The lowest BCUT2D eigenvalue weighted by molar-refractivity contribution is 0.222. The van der Waals surface area contributed by atoms with E-state index in [2.05, 4.69) is 54.1 Å². The molecule has 3 atom stereocenters. The molecule has 144 valence electrons. The molecule has 0 unspecified atom stereocenters. The maximum absolute atomic E-state index is 5.58. The first-order valence-electron chi connectivity index (χ1n) is 9.79. The van der Waals surface area contributed by atoms with Crippen LogP contribution in [0.2, 0.25) is 0 Å². The summed E-state index contributed by atoms with van der Waals surface area (Å²) >= 11 is 0. The molecule has 2 aliphatic heterocycles. The molecule has 0 aliphatic carbocycles. The molecular formula is C23H30N2O2. The van der Waals surface area contributed by atoms with Crippen molar-refractivity contribution in [3.63, 3.8) is 0 Å². The van der Waals surface area contributed by atoms with Gasteiger partial charge in [-0.05, 0) is 55.1 Å². The molecule has 2 aromatic rings. The summed E-state index contributed by atoms with van der Waals surface area (Å²) in [5, 5.41) is 0. The predicted molar refractivity (Wildman–Crippen MR) is 108 cm³/mol. The fourth-order valence-electron chi connectivity index (χ4n) is 5.11. The Morgan fingerprint density at radius 2 is 1.81 bits per heavy atom. The lowest BCUT2D eigenvalue weighted by Gasteiger charge is -2.28. The second-order valence-corrected chi connectivity index (χ2v) is 8.04. The van der Waals surface area contributed by atoms with Gasteiger partial charge in [0.1, 0.15) is 11.5 Å². The van der Waals surface area contributed by atoms with Crippen molar-refractivity contribution in [1.82, 2.24) is 9.80 Å². The van der Waals surface area contributed by atoms with Crippen molar-refractivity contribution in [3.8, 4) is 11.5 Å². The number of hydrogen-bond acceptors (Lipinski definition) is 4. The fourth-order valence-corrected chi connectivity index (χ4v) is 5.11. The highest BCUT2D eigenvalue weighted by molar-refractivity contribution is 5.40. The molecule has 2 aromatic carbocycles. The van der Waals surface area contributed by atoms with Crippen molar-refractivity contribution in [2.24, 2.45) is 11.8 Å². The van der Waals surface area contributed by atoms with Gasteiger partial charge in [-0.3, -0.25) is 9.80 Å². The molecule has 2 saturated heterocycles. The van der Waals surface area contributed by atoms with Crippen molar-refractivity contribution >= 4 is 0 Å². The molecule has 4 nitrogen and oxygen atoms in total. The minimum Gasteiger partial charge on any atom is -0.497 e. The van der Waals surface area contributed by atoms with Gasteiger partial charge in [0.15, 0.2) is 0 Å². The van der Waals surface area contributed by atoms with Gasteiger partial charge in [-0.1, -0.05) is 24.3 Å². The number of hydrogen-bond donors (Lipinski definition) is 0. The Balaban J connectivity index is 1.53. The Labute approximate surface area is 162 Å². The first kappa shape index (κ1) is 18.3. The van der Waals surface area contributed by atoms with Crippen molar-refractivity contribution in [1.29, 1.82) is 0 Å². The summed E-state index contributed by atoms with van der Waals surface area (Å²) in [7, 11) is 5.74. The molecule has 4 heteroatoms. The van der Waals surface area contributed by atoms with E-state index in [4.69, 9.17) is 9.47 Å². The number of methoxy groups -OCH3 is 2. The largest absolute Gasteiger partial charge is 0.497 e. The highest BCUT2D eigenvalue weighted by atomic mass is 16.5. The Morgan fingerprint density at radius 1 is 1.00 bits per heavy atom. The van der Waals surface area contributed by atoms with E-state index in [-0.39, 0.29) is 0 Å². The van der Waals surface area contributed by atoms with Crippen LogP contribution in [0.1, 0.15) is 22.7 Å². The number of rotatable bonds is 5. The van der Waals surface area contributed by atoms with Gasteiger partial charge in [0.2, 0.25) is 0 Å². The zero-order chi connectivity index (χ0) is 19.0. The van der Waals surface area contributed by atoms with Crippen molar-refractivity contribution in [3.05, 3.63) is 59.2 Å². The van der Waals surface area contributed by atoms with Gasteiger partial charge in [0.25, 0.3) is 0 Å². The molecule has 0 spiro atoms. The molecule has 0 saturated carbocycles. The van der Waals surface area contributed by atoms with E-state index in [0.29, 0.717) is 12.0 Å². The molecule has 0 aromatic heterocycles. The second-order valence-electron chi connectivity index (χ2n) is 8.04. The number of benzene rings is 2. The zero-order valence-electron chi connectivity index (χ0n) is 16.8. The number of ether oxygens (including phenoxy) is 2. The number of aryl methyl sites for hydroxylation is 1. The van der Waals surface area contributed by atoms with Crippen molar-refractivity contribution < 1.29 is 9.47 Å². The molecular weight excluding hydrogens is 336 g/mol. The smallest absolute Gasteiger partial charge is 0.123 e. The average molecular weight is 367 g/mol. The summed E-state index contributed by atoms with van der Waals surface area (Å²) in [5.74, 6) is 3.26. The van der Waals surface area contributed by atoms with Crippen LogP contribution in [0.4, 0.5) is 0 Å². The van der Waals surface area contributed by atoms with Crippen molar-refractivity contribution in [2.45, 2.75) is 19.5 Å². The summed E-state index contributed by atoms with van der Waals surface area (Å²) in [6.45, 7) is 6.61. The number of likely N-dealkylation sites (tertiary alicyclic amines) is 2. The van der Waals surface area contributed by atoms with E-state index < -0.39 is 0 Å². The number of nitrogens with zero attached hydrogens (tertiary/aromatic N) is 2. The van der Waals surface area contributed by atoms with E-state index in [9.17, 15) is 0 Å². The minimum absolute atomic E-state index is 0.522. The third-order valence-corrected chi connectivity index (χ3v) is 6.36. The van der Waals surface area contributed by atoms with Crippen LogP contribution >= 0.6 is 0 Å². The van der Waals surface area contributed by atoms with Crippen LogP contribution in [-0.4, -0.2) is 50.7 Å². The molecule has 27 heavy (non-hydrogen) atoms. The van der Waals surface area contributed by atoms with Crippen LogP contribution in [0.5, 0.6) is 11.5 Å². The minimum atomic E-state index is 0.522. The van der Waals surface area contributed by atoms with Crippen LogP contribution in [0, 0.1) is 18.8 Å². The van der Waals surface area contributed by atoms with Crippen molar-refractivity contribution in [2.75, 3.05) is 40.9 Å². The molecule has 4 rings (SSSR count). The van der Waals surface area contributed by atoms with Crippen LogP contribution in [0.3, 0.4) is 0 Å². The topological polar surface area (TPSA) is 24.9 Å². The van der Waals surface area contributed by atoms with Gasteiger partial charge in [-0.2, -0.15) is 0 Å². The summed E-state index contributed by atoms with van der Waals surface area (Å²) in [4.78, 5) is 5.14. The first-order chi connectivity index (χ1) is 13.1. The molecule has 2 fully saturated rings. The summed E-state index contributed by atoms with van der Waals surface area (Å²) in [5.41, 5.74) is 4.11. The van der Waals surface area contributed by atoms with Gasteiger partial charge < -0.3 is 9.47 Å². The van der Waals surface area contributed by atoms with Gasteiger partial charge >= 0.3 is 0 Å². The monoisotopic (exact) mass is 366 g/mol. The maximum Gasteiger partial charge on any atom is 0.123 e. The SMILES string of the molecule is COc1ccc(OC)c(CN2C[C@@H]3CN(C)[C@H](c4ccccc4C)[C@@H]3C2)c1. The summed E-state index contributed by atoms with van der Waals surface area (Å²) in [6, 6.07) is 15.5. The molecule has 0 N–H and O–H groups in total. The average Bonchev–Trinajstić information content (AvgIpc) is 3.18. The first-order valence-corrected chi connectivity index (χ1v) is 9.79. The van der Waals surface area contributed by atoms with Gasteiger partial charge in [-0.15, -0.1) is 0 Å². The zero-order valence-corrected chi connectivity index (χ0v) is 16.8. The highest BCUT2D eigenvalue weighted by Gasteiger charge is 2.46. The standard InChI is InChI=1S/C23H30N2O2/c1-16-7-5-6-8-20(16)23-21-15-25(14-18(21)12-24(23)2)13-17-11-19(26-3)9-10-22(17)27-4/h5-11,18,21,23H,12-15H2,1-4H3/t18-,21+,23+/m0/s1. The Hall–Kier alpha value is -2.04. The van der Waals surface area contributed by atoms with Gasteiger partial charge in [-0.25, -0.2) is 0 Å². The third kappa shape index (κ3) is 3.44. The quantitative estimate of drug-likeness (QED) is 0.805. The van der Waals surface area contributed by atoms with Crippen LogP contribution in [0.15, 0.2) is 42.5 Å². The second kappa shape index (κ2) is 7.53. The normalized spacial score (nSPS) is 25.6. The Kier molecular flexibility index (Phi) is 5.11. The van der Waals surface area contributed by atoms with Crippen LogP contribution in [0.25, 0.3) is 0 Å². The maximum atomic E-state index is 5.58. The van der Waals surface area contributed by atoms with E-state index in [1.165, 1.54) is 23.2 Å². The van der Waals surface area contributed by atoms with E-state index in [1.54, 1.807) is 14.2 Å². The summed E-state index contributed by atoms with van der Waals surface area (Å²) in [6.07, 6.45) is 0.